The summed E-state index contributed by atoms with van der Waals surface area (Å²) < 4.78 is 6.08. The van der Waals surface area contributed by atoms with Gasteiger partial charge in [0, 0.05) is 5.92 Å². The predicted octanol–water partition coefficient (Wildman–Crippen LogP) is 4.35. The lowest BCUT2D eigenvalue weighted by molar-refractivity contribution is -0.107. The van der Waals surface area contributed by atoms with E-state index in [1.165, 1.54) is 0 Å². The molecule has 23 heavy (non-hydrogen) atoms. The van der Waals surface area contributed by atoms with Crippen molar-refractivity contribution in [3.05, 3.63) is 71.8 Å². The number of nitriles is 2. The lowest BCUT2D eigenvalue weighted by Gasteiger charge is -2.47. The van der Waals surface area contributed by atoms with Gasteiger partial charge in [0.05, 0.1) is 24.3 Å². The lowest BCUT2D eigenvalue weighted by atomic mass is 9.57. The summed E-state index contributed by atoms with van der Waals surface area (Å²) in [6.45, 7) is 1.96. The zero-order chi connectivity index (χ0) is 16.3. The molecule has 0 amide bonds. The largest absolute Gasteiger partial charge is 0.368 e. The van der Waals surface area contributed by atoms with Crippen LogP contribution in [0, 0.1) is 28.1 Å². The van der Waals surface area contributed by atoms with Crippen LogP contribution in [0.15, 0.2) is 60.7 Å². The fourth-order valence-electron chi connectivity index (χ4n) is 3.27. The molecule has 0 spiro atoms. The number of rotatable bonds is 4. The summed E-state index contributed by atoms with van der Waals surface area (Å²) in [4.78, 5) is 0. The van der Waals surface area contributed by atoms with Crippen molar-refractivity contribution in [1.29, 1.82) is 10.5 Å². The van der Waals surface area contributed by atoms with Crippen LogP contribution in [0.2, 0.25) is 0 Å². The smallest absolute Gasteiger partial charge is 0.176 e. The molecule has 2 aromatic rings. The quantitative estimate of drug-likeness (QED) is 0.843. The molecule has 114 valence electrons. The molecule has 3 unspecified atom stereocenters. The Balaban J connectivity index is 1.80. The van der Waals surface area contributed by atoms with Gasteiger partial charge in [-0.15, -0.1) is 0 Å². The normalized spacial score (nSPS) is 23.1. The van der Waals surface area contributed by atoms with Gasteiger partial charge in [-0.2, -0.15) is 10.5 Å². The van der Waals surface area contributed by atoms with Gasteiger partial charge >= 0.3 is 0 Å². The molecule has 1 saturated carbocycles. The van der Waals surface area contributed by atoms with E-state index in [2.05, 4.69) is 12.1 Å². The van der Waals surface area contributed by atoms with E-state index in [0.29, 0.717) is 6.42 Å². The van der Waals surface area contributed by atoms with Gasteiger partial charge in [0.15, 0.2) is 5.41 Å². The maximum absolute atomic E-state index is 9.67. The Morgan fingerprint density at radius 2 is 1.57 bits per heavy atom. The molecule has 3 rings (SSSR count). The Morgan fingerprint density at radius 1 is 1.00 bits per heavy atom. The summed E-state index contributed by atoms with van der Waals surface area (Å²) in [6, 6.07) is 24.1. The zero-order valence-electron chi connectivity index (χ0n) is 13.0. The van der Waals surface area contributed by atoms with Crippen molar-refractivity contribution in [3.63, 3.8) is 0 Å². The van der Waals surface area contributed by atoms with E-state index in [1.54, 1.807) is 0 Å². The molecule has 1 fully saturated rings. The summed E-state index contributed by atoms with van der Waals surface area (Å²) >= 11 is 0. The average Bonchev–Trinajstić information content (AvgIpc) is 2.61. The van der Waals surface area contributed by atoms with Crippen LogP contribution >= 0.6 is 0 Å². The third-order valence-electron chi connectivity index (χ3n) is 4.72. The van der Waals surface area contributed by atoms with Gasteiger partial charge < -0.3 is 4.74 Å². The van der Waals surface area contributed by atoms with E-state index in [4.69, 9.17) is 4.74 Å². The molecular formula is C20H18N2O. The summed E-state index contributed by atoms with van der Waals surface area (Å²) in [5.41, 5.74) is 0.980. The van der Waals surface area contributed by atoms with Crippen LogP contribution in [0.3, 0.4) is 0 Å². The maximum Gasteiger partial charge on any atom is 0.176 e. The van der Waals surface area contributed by atoms with E-state index < -0.39 is 5.41 Å². The van der Waals surface area contributed by atoms with Crippen molar-refractivity contribution in [2.75, 3.05) is 0 Å². The number of nitrogens with zero attached hydrogens (tertiary/aromatic N) is 2. The molecule has 0 heterocycles. The minimum absolute atomic E-state index is 0.0910. The van der Waals surface area contributed by atoms with Gasteiger partial charge in [-0.25, -0.2) is 0 Å². The molecule has 0 radical (unpaired) electrons. The standard InChI is InChI=1S/C20H18N2O/c1-15(16-8-4-2-5-9-16)23-19-12-18(20(19,13-21)14-22)17-10-6-3-7-11-17/h2-11,15,18-19H,12H2,1H3. The van der Waals surface area contributed by atoms with E-state index >= 15 is 0 Å². The monoisotopic (exact) mass is 302 g/mol. The molecule has 0 bridgehead atoms. The third kappa shape index (κ3) is 2.61. The highest BCUT2D eigenvalue weighted by molar-refractivity contribution is 5.38. The van der Waals surface area contributed by atoms with Crippen molar-refractivity contribution < 1.29 is 4.74 Å². The van der Waals surface area contributed by atoms with E-state index in [-0.39, 0.29) is 18.1 Å². The second-order valence-corrected chi connectivity index (χ2v) is 5.97. The van der Waals surface area contributed by atoms with E-state index in [9.17, 15) is 10.5 Å². The fraction of sp³-hybridized carbons (Fsp3) is 0.300. The molecule has 0 aromatic heterocycles. The van der Waals surface area contributed by atoms with Crippen LogP contribution in [0.1, 0.15) is 36.5 Å². The molecule has 1 aliphatic rings. The Labute approximate surface area is 136 Å². The summed E-state index contributed by atoms with van der Waals surface area (Å²) in [5, 5.41) is 19.3. The molecule has 1 aliphatic carbocycles. The lowest BCUT2D eigenvalue weighted by Crippen LogP contribution is -2.51. The minimum Gasteiger partial charge on any atom is -0.368 e. The first-order chi connectivity index (χ1) is 11.2. The third-order valence-corrected chi connectivity index (χ3v) is 4.72. The number of hydrogen-bond donors (Lipinski definition) is 0. The summed E-state index contributed by atoms with van der Waals surface area (Å²) in [5.74, 6) is -0.0910. The Bertz CT molecular complexity index is 729. The van der Waals surface area contributed by atoms with Gasteiger partial charge in [-0.1, -0.05) is 60.7 Å². The van der Waals surface area contributed by atoms with Crippen molar-refractivity contribution >= 4 is 0 Å². The Kier molecular flexibility index (Phi) is 4.15. The first-order valence-electron chi connectivity index (χ1n) is 7.79. The molecule has 0 N–H and O–H groups in total. The average molecular weight is 302 g/mol. The number of benzene rings is 2. The van der Waals surface area contributed by atoms with Gasteiger partial charge in [-0.05, 0) is 24.5 Å². The maximum atomic E-state index is 9.67. The van der Waals surface area contributed by atoms with E-state index in [0.717, 1.165) is 11.1 Å². The predicted molar refractivity (Wildman–Crippen MR) is 87.2 cm³/mol. The van der Waals surface area contributed by atoms with Crippen LogP contribution < -0.4 is 0 Å². The fourth-order valence-corrected chi connectivity index (χ4v) is 3.27. The Morgan fingerprint density at radius 3 is 2.13 bits per heavy atom. The highest BCUT2D eigenvalue weighted by Gasteiger charge is 2.58. The van der Waals surface area contributed by atoms with Gasteiger partial charge in [0.2, 0.25) is 0 Å². The van der Waals surface area contributed by atoms with Crippen LogP contribution in [-0.4, -0.2) is 6.10 Å². The van der Waals surface area contributed by atoms with Gasteiger partial charge in [0.1, 0.15) is 0 Å². The zero-order valence-corrected chi connectivity index (χ0v) is 13.0. The SMILES string of the molecule is CC(OC1CC(c2ccccc2)C1(C#N)C#N)c1ccccc1. The second kappa shape index (κ2) is 6.24. The molecule has 3 nitrogen and oxygen atoms in total. The highest BCUT2D eigenvalue weighted by atomic mass is 16.5. The molecule has 2 aromatic carbocycles. The highest BCUT2D eigenvalue weighted by Crippen LogP contribution is 2.54. The summed E-state index contributed by atoms with van der Waals surface area (Å²) in [6.07, 6.45) is 0.194. The van der Waals surface area contributed by atoms with Crippen LogP contribution in [0.25, 0.3) is 0 Å². The van der Waals surface area contributed by atoms with Crippen molar-refractivity contribution in [3.8, 4) is 12.1 Å². The number of hydrogen-bond acceptors (Lipinski definition) is 3. The van der Waals surface area contributed by atoms with Crippen molar-refractivity contribution in [2.45, 2.75) is 31.5 Å². The first-order valence-corrected chi connectivity index (χ1v) is 7.79. The summed E-state index contributed by atoms with van der Waals surface area (Å²) in [7, 11) is 0. The molecule has 0 aliphatic heterocycles. The van der Waals surface area contributed by atoms with Gasteiger partial charge in [0.25, 0.3) is 0 Å². The van der Waals surface area contributed by atoms with Crippen molar-refractivity contribution in [2.24, 2.45) is 5.41 Å². The van der Waals surface area contributed by atoms with Gasteiger partial charge in [-0.3, -0.25) is 0 Å². The molecule has 3 heteroatoms. The minimum atomic E-state index is -1.11. The molecule has 3 atom stereocenters. The van der Waals surface area contributed by atoms with Crippen LogP contribution in [-0.2, 0) is 4.74 Å². The van der Waals surface area contributed by atoms with E-state index in [1.807, 2.05) is 67.6 Å². The van der Waals surface area contributed by atoms with Crippen molar-refractivity contribution in [1.82, 2.24) is 0 Å². The Hall–Kier alpha value is -2.62. The van der Waals surface area contributed by atoms with Crippen LogP contribution in [0.5, 0.6) is 0 Å². The number of ether oxygens (including phenoxy) is 1. The molecular weight excluding hydrogens is 284 g/mol. The van der Waals surface area contributed by atoms with Crippen LogP contribution in [0.4, 0.5) is 0 Å². The molecule has 0 saturated heterocycles. The second-order valence-electron chi connectivity index (χ2n) is 5.97. The first kappa shape index (κ1) is 15.3. The topological polar surface area (TPSA) is 56.8 Å².